The van der Waals surface area contributed by atoms with Gasteiger partial charge in [0.25, 0.3) is 5.69 Å². The monoisotopic (exact) mass is 430 g/mol. The molecule has 0 saturated carbocycles. The van der Waals surface area contributed by atoms with Gasteiger partial charge in [0.2, 0.25) is 10.0 Å². The summed E-state index contributed by atoms with van der Waals surface area (Å²) in [7, 11) is 0.0142. The number of fused-ring (bicyclic) bond motifs is 1. The number of likely N-dealkylation sites (N-methyl/N-ethyl adjacent to an activating group) is 1. The number of aryl methyl sites for hydroxylation is 1. The fraction of sp³-hybridized carbons (Fsp3) is 0.429. The maximum absolute atomic E-state index is 13.0. The summed E-state index contributed by atoms with van der Waals surface area (Å²) >= 11 is 0. The molecular weight excluding hydrogens is 404 g/mol. The van der Waals surface area contributed by atoms with E-state index in [1.807, 2.05) is 31.1 Å². The molecular formula is C21H26N4O4S. The molecule has 160 valence electrons. The molecule has 9 heteroatoms. The van der Waals surface area contributed by atoms with Crippen LogP contribution in [0.25, 0.3) is 0 Å². The predicted octanol–water partition coefficient (Wildman–Crippen LogP) is 2.65. The molecule has 0 bridgehead atoms. The number of hydrogen-bond acceptors (Lipinski definition) is 6. The lowest BCUT2D eigenvalue weighted by Gasteiger charge is -2.31. The first-order chi connectivity index (χ1) is 14.3. The number of nitro benzene ring substituents is 1. The number of hydrogen-bond donors (Lipinski definition) is 0. The van der Waals surface area contributed by atoms with Crippen LogP contribution in [0.2, 0.25) is 0 Å². The van der Waals surface area contributed by atoms with Crippen LogP contribution >= 0.6 is 0 Å². The van der Waals surface area contributed by atoms with Crippen molar-refractivity contribution in [2.45, 2.75) is 23.8 Å². The van der Waals surface area contributed by atoms with Crippen molar-refractivity contribution in [1.29, 1.82) is 0 Å². The lowest BCUT2D eigenvalue weighted by molar-refractivity contribution is -0.384. The molecule has 1 heterocycles. The minimum Gasteiger partial charge on any atom is -0.362 e. The van der Waals surface area contributed by atoms with E-state index in [9.17, 15) is 18.5 Å². The van der Waals surface area contributed by atoms with Crippen molar-refractivity contribution >= 4 is 21.4 Å². The highest BCUT2D eigenvalue weighted by Crippen LogP contribution is 2.41. The summed E-state index contributed by atoms with van der Waals surface area (Å²) in [6, 6.07) is 12.4. The average Bonchev–Trinajstić information content (AvgIpc) is 3.17. The third kappa shape index (κ3) is 3.68. The number of sulfonamides is 1. The number of anilines is 1. The van der Waals surface area contributed by atoms with E-state index in [2.05, 4.69) is 17.0 Å². The van der Waals surface area contributed by atoms with E-state index in [-0.39, 0.29) is 16.6 Å². The molecule has 2 aromatic carbocycles. The van der Waals surface area contributed by atoms with Gasteiger partial charge in [-0.15, -0.1) is 0 Å². The molecule has 2 aromatic rings. The van der Waals surface area contributed by atoms with Gasteiger partial charge >= 0.3 is 0 Å². The van der Waals surface area contributed by atoms with Crippen LogP contribution in [0.4, 0.5) is 11.4 Å². The molecule has 0 amide bonds. The van der Waals surface area contributed by atoms with Crippen LogP contribution < -0.4 is 4.90 Å². The molecule has 1 saturated heterocycles. The van der Waals surface area contributed by atoms with Gasteiger partial charge in [-0.2, -0.15) is 4.31 Å². The molecule has 0 unspecified atom stereocenters. The molecule has 0 radical (unpaired) electrons. The molecule has 8 nitrogen and oxygen atoms in total. The second kappa shape index (κ2) is 7.98. The number of benzene rings is 2. The minimum absolute atomic E-state index is 0.0253. The summed E-state index contributed by atoms with van der Waals surface area (Å²) in [6.45, 7) is 2.05. The third-order valence-corrected chi connectivity index (χ3v) is 8.09. The Balaban J connectivity index is 1.67. The van der Waals surface area contributed by atoms with Crippen molar-refractivity contribution in [3.8, 4) is 0 Å². The topological polar surface area (TPSA) is 87.0 Å². The SMILES string of the molecule is CN1CCN(S(=O)(=O)c2ccc(N(C)[C@H]3CCc4ccccc43)c([N+](=O)[O-])c2)CC1. The first-order valence-corrected chi connectivity index (χ1v) is 11.5. The second-order valence-electron chi connectivity index (χ2n) is 7.98. The van der Waals surface area contributed by atoms with Crippen LogP contribution in [0.5, 0.6) is 0 Å². The fourth-order valence-corrected chi connectivity index (χ4v) is 5.83. The zero-order valence-electron chi connectivity index (χ0n) is 17.2. The van der Waals surface area contributed by atoms with Crippen LogP contribution in [-0.4, -0.2) is 62.8 Å². The fourth-order valence-electron chi connectivity index (χ4n) is 4.39. The Morgan fingerprint density at radius 1 is 1.10 bits per heavy atom. The Kier molecular flexibility index (Phi) is 5.52. The van der Waals surface area contributed by atoms with Crippen molar-refractivity contribution in [3.05, 3.63) is 63.7 Å². The van der Waals surface area contributed by atoms with Gasteiger partial charge in [0.15, 0.2) is 0 Å². The number of nitro groups is 1. The summed E-state index contributed by atoms with van der Waals surface area (Å²) in [5.74, 6) is 0. The van der Waals surface area contributed by atoms with Gasteiger partial charge in [0.1, 0.15) is 5.69 Å². The molecule has 30 heavy (non-hydrogen) atoms. The van der Waals surface area contributed by atoms with Crippen LogP contribution in [0.1, 0.15) is 23.6 Å². The molecule has 1 aliphatic carbocycles. The molecule has 1 aliphatic heterocycles. The Hall–Kier alpha value is -2.49. The highest BCUT2D eigenvalue weighted by Gasteiger charge is 2.33. The van der Waals surface area contributed by atoms with Gasteiger partial charge in [-0.3, -0.25) is 10.1 Å². The van der Waals surface area contributed by atoms with Crippen molar-refractivity contribution in [3.63, 3.8) is 0 Å². The maximum Gasteiger partial charge on any atom is 0.293 e. The standard InChI is InChI=1S/C21H26N4O4S/c1-22-11-13-24(14-12-22)30(28,29)17-8-10-20(21(15-17)25(26)27)23(2)19-9-7-16-5-3-4-6-18(16)19/h3-6,8,10,15,19H,7,9,11-14H2,1-2H3/t19-/m0/s1. The van der Waals surface area contributed by atoms with Crippen LogP contribution in [0.3, 0.4) is 0 Å². The Bertz CT molecular complexity index is 1060. The zero-order chi connectivity index (χ0) is 21.5. The molecule has 2 aliphatic rings. The third-order valence-electron chi connectivity index (χ3n) is 6.19. The lowest BCUT2D eigenvalue weighted by Crippen LogP contribution is -2.47. The minimum atomic E-state index is -3.77. The van der Waals surface area contributed by atoms with E-state index in [4.69, 9.17) is 0 Å². The predicted molar refractivity (Wildman–Crippen MR) is 115 cm³/mol. The van der Waals surface area contributed by atoms with E-state index in [0.29, 0.717) is 31.9 Å². The van der Waals surface area contributed by atoms with Crippen molar-refractivity contribution < 1.29 is 13.3 Å². The summed E-state index contributed by atoms with van der Waals surface area (Å²) in [4.78, 5) is 15.3. The molecule has 1 atom stereocenters. The average molecular weight is 431 g/mol. The highest BCUT2D eigenvalue weighted by atomic mass is 32.2. The second-order valence-corrected chi connectivity index (χ2v) is 9.92. The summed E-state index contributed by atoms with van der Waals surface area (Å²) < 4.78 is 27.5. The molecule has 0 spiro atoms. The Morgan fingerprint density at radius 2 is 1.80 bits per heavy atom. The smallest absolute Gasteiger partial charge is 0.293 e. The van der Waals surface area contributed by atoms with Crippen LogP contribution in [0, 0.1) is 10.1 Å². The first-order valence-electron chi connectivity index (χ1n) is 10.1. The highest BCUT2D eigenvalue weighted by molar-refractivity contribution is 7.89. The van der Waals surface area contributed by atoms with Crippen molar-refractivity contribution in [2.75, 3.05) is 45.2 Å². The summed E-state index contributed by atoms with van der Waals surface area (Å²) in [5.41, 5.74) is 2.67. The van der Waals surface area contributed by atoms with Gasteiger partial charge in [-0.1, -0.05) is 24.3 Å². The summed E-state index contributed by atoms with van der Waals surface area (Å²) in [6.07, 6.45) is 1.79. The van der Waals surface area contributed by atoms with Crippen molar-refractivity contribution in [1.82, 2.24) is 9.21 Å². The number of nitrogens with zero attached hydrogens (tertiary/aromatic N) is 4. The van der Waals surface area contributed by atoms with E-state index in [1.165, 1.54) is 27.6 Å². The quantitative estimate of drug-likeness (QED) is 0.535. The number of piperazine rings is 1. The van der Waals surface area contributed by atoms with E-state index < -0.39 is 14.9 Å². The van der Waals surface area contributed by atoms with E-state index in [0.717, 1.165) is 12.8 Å². The van der Waals surface area contributed by atoms with Crippen LogP contribution in [0.15, 0.2) is 47.4 Å². The summed E-state index contributed by atoms with van der Waals surface area (Å²) in [5, 5.41) is 11.8. The van der Waals surface area contributed by atoms with Crippen LogP contribution in [-0.2, 0) is 16.4 Å². The molecule has 1 fully saturated rings. The first kappa shape index (κ1) is 20.8. The largest absolute Gasteiger partial charge is 0.362 e. The van der Waals surface area contributed by atoms with Gasteiger partial charge in [0.05, 0.1) is 15.9 Å². The van der Waals surface area contributed by atoms with Gasteiger partial charge in [-0.05, 0) is 43.1 Å². The van der Waals surface area contributed by atoms with E-state index >= 15 is 0 Å². The number of rotatable bonds is 5. The lowest BCUT2D eigenvalue weighted by atomic mass is 10.1. The molecule has 0 N–H and O–H groups in total. The normalized spacial score (nSPS) is 20.1. The zero-order valence-corrected chi connectivity index (χ0v) is 18.0. The Morgan fingerprint density at radius 3 is 2.50 bits per heavy atom. The van der Waals surface area contributed by atoms with Crippen molar-refractivity contribution in [2.24, 2.45) is 0 Å². The van der Waals surface area contributed by atoms with Gasteiger partial charge in [-0.25, -0.2) is 8.42 Å². The van der Waals surface area contributed by atoms with Gasteiger partial charge < -0.3 is 9.80 Å². The Labute approximate surface area is 176 Å². The maximum atomic E-state index is 13.0. The molecule has 4 rings (SSSR count). The van der Waals surface area contributed by atoms with Gasteiger partial charge in [0, 0.05) is 39.3 Å². The van der Waals surface area contributed by atoms with E-state index in [1.54, 1.807) is 6.07 Å². The molecule has 0 aromatic heterocycles.